The highest BCUT2D eigenvalue weighted by molar-refractivity contribution is 6.33. The van der Waals surface area contributed by atoms with E-state index < -0.39 is 17.5 Å². The molecule has 0 heterocycles. The lowest BCUT2D eigenvalue weighted by atomic mass is 10.0. The number of aryl methyl sites for hydroxylation is 1. The monoisotopic (exact) mass is 324 g/mol. The lowest BCUT2D eigenvalue weighted by Crippen LogP contribution is -2.22. The zero-order valence-corrected chi connectivity index (χ0v) is 14.3. The smallest absolute Gasteiger partial charge is 0.339 e. The number of rotatable bonds is 4. The Morgan fingerprint density at radius 2 is 1.91 bits per heavy atom. The number of carbonyl (C=O) groups excluding carboxylic acids is 2. The van der Waals surface area contributed by atoms with Gasteiger partial charge in [-0.05, 0) is 64.0 Å². The van der Waals surface area contributed by atoms with E-state index in [9.17, 15) is 9.59 Å². The maximum atomic E-state index is 11.8. The van der Waals surface area contributed by atoms with Crippen LogP contribution < -0.4 is 0 Å². The van der Waals surface area contributed by atoms with E-state index in [0.717, 1.165) is 11.1 Å². The third-order valence-electron chi connectivity index (χ3n) is 2.66. The van der Waals surface area contributed by atoms with Gasteiger partial charge in [0, 0.05) is 6.08 Å². The van der Waals surface area contributed by atoms with E-state index in [1.165, 1.54) is 6.08 Å². The third kappa shape index (κ3) is 5.53. The second-order valence-corrected chi connectivity index (χ2v) is 6.18. The summed E-state index contributed by atoms with van der Waals surface area (Å²) in [4.78, 5) is 23.4. The first kappa shape index (κ1) is 18.2. The molecule has 0 saturated heterocycles. The fraction of sp³-hybridized carbons (Fsp3) is 0.412. The Balaban J connectivity index is 2.96. The second-order valence-electron chi connectivity index (χ2n) is 5.78. The topological polar surface area (TPSA) is 52.6 Å². The molecule has 0 N–H and O–H groups in total. The van der Waals surface area contributed by atoms with Gasteiger partial charge < -0.3 is 9.47 Å². The predicted molar refractivity (Wildman–Crippen MR) is 87.0 cm³/mol. The first-order valence-electron chi connectivity index (χ1n) is 7.02. The van der Waals surface area contributed by atoms with Crippen LogP contribution in [0.25, 0.3) is 6.08 Å². The van der Waals surface area contributed by atoms with Crippen molar-refractivity contribution in [1.29, 1.82) is 0 Å². The van der Waals surface area contributed by atoms with Crippen LogP contribution in [0.1, 0.15) is 49.2 Å². The predicted octanol–water partition coefficient (Wildman–Crippen LogP) is 4.18. The highest BCUT2D eigenvalue weighted by Gasteiger charge is 2.15. The molecule has 0 aliphatic heterocycles. The maximum absolute atomic E-state index is 11.8. The van der Waals surface area contributed by atoms with Gasteiger partial charge in [0.2, 0.25) is 0 Å². The molecular weight excluding hydrogens is 304 g/mol. The summed E-state index contributed by atoms with van der Waals surface area (Å²) in [5, 5.41) is 0.285. The molecule has 0 aromatic heterocycles. The van der Waals surface area contributed by atoms with Crippen LogP contribution in [0.2, 0.25) is 5.02 Å². The largest absolute Gasteiger partial charge is 0.462 e. The van der Waals surface area contributed by atoms with Crippen molar-refractivity contribution in [3.8, 4) is 0 Å². The van der Waals surface area contributed by atoms with Crippen molar-refractivity contribution in [1.82, 2.24) is 0 Å². The highest BCUT2D eigenvalue weighted by Crippen LogP contribution is 2.23. The van der Waals surface area contributed by atoms with Crippen LogP contribution >= 0.6 is 11.6 Å². The molecule has 0 aliphatic carbocycles. The van der Waals surface area contributed by atoms with Crippen LogP contribution in [0.5, 0.6) is 0 Å². The van der Waals surface area contributed by atoms with Crippen molar-refractivity contribution >= 4 is 29.6 Å². The Bertz CT molecular complexity index is 597. The van der Waals surface area contributed by atoms with Crippen molar-refractivity contribution in [2.75, 3.05) is 6.61 Å². The van der Waals surface area contributed by atoms with E-state index in [0.29, 0.717) is 5.56 Å². The quantitative estimate of drug-likeness (QED) is 0.616. The van der Waals surface area contributed by atoms with Gasteiger partial charge in [-0.2, -0.15) is 0 Å². The number of esters is 2. The van der Waals surface area contributed by atoms with Gasteiger partial charge in [-0.25, -0.2) is 9.59 Å². The van der Waals surface area contributed by atoms with Crippen LogP contribution in [0.15, 0.2) is 18.2 Å². The van der Waals surface area contributed by atoms with E-state index in [1.807, 2.05) is 6.92 Å². The number of hydrogen-bond donors (Lipinski definition) is 0. The van der Waals surface area contributed by atoms with Crippen molar-refractivity contribution < 1.29 is 19.1 Å². The average molecular weight is 325 g/mol. The number of halogens is 1. The molecule has 120 valence electrons. The maximum Gasteiger partial charge on any atom is 0.339 e. The van der Waals surface area contributed by atoms with E-state index in [1.54, 1.807) is 45.9 Å². The van der Waals surface area contributed by atoms with Gasteiger partial charge in [0.1, 0.15) is 5.60 Å². The van der Waals surface area contributed by atoms with Crippen molar-refractivity contribution in [2.24, 2.45) is 0 Å². The van der Waals surface area contributed by atoms with Crippen molar-refractivity contribution in [3.05, 3.63) is 39.9 Å². The molecule has 5 heteroatoms. The second kappa shape index (κ2) is 7.45. The summed E-state index contributed by atoms with van der Waals surface area (Å²) in [7, 11) is 0. The number of benzene rings is 1. The molecule has 22 heavy (non-hydrogen) atoms. The van der Waals surface area contributed by atoms with Crippen LogP contribution in [-0.2, 0) is 14.3 Å². The van der Waals surface area contributed by atoms with Gasteiger partial charge in [0.05, 0.1) is 17.2 Å². The molecule has 4 nitrogen and oxygen atoms in total. The average Bonchev–Trinajstić information content (AvgIpc) is 2.37. The molecule has 0 fully saturated rings. The third-order valence-corrected chi connectivity index (χ3v) is 2.97. The van der Waals surface area contributed by atoms with Gasteiger partial charge in [-0.3, -0.25) is 0 Å². The van der Waals surface area contributed by atoms with Crippen LogP contribution in [-0.4, -0.2) is 24.1 Å². The summed E-state index contributed by atoms with van der Waals surface area (Å²) in [5.41, 5.74) is 1.33. The summed E-state index contributed by atoms with van der Waals surface area (Å²) < 4.78 is 10.1. The summed E-state index contributed by atoms with van der Waals surface area (Å²) in [6.07, 6.45) is 2.96. The van der Waals surface area contributed by atoms with Crippen molar-refractivity contribution in [3.63, 3.8) is 0 Å². The summed E-state index contributed by atoms with van der Waals surface area (Å²) in [6.45, 7) is 9.25. The van der Waals surface area contributed by atoms with E-state index >= 15 is 0 Å². The Morgan fingerprint density at radius 1 is 1.27 bits per heavy atom. The molecule has 0 bridgehead atoms. The molecular formula is C17H21ClO4. The lowest BCUT2D eigenvalue weighted by molar-refractivity contribution is -0.148. The lowest BCUT2D eigenvalue weighted by Gasteiger charge is -2.18. The fourth-order valence-electron chi connectivity index (χ4n) is 1.74. The van der Waals surface area contributed by atoms with E-state index in [2.05, 4.69) is 0 Å². The zero-order chi connectivity index (χ0) is 16.9. The standard InChI is InChI=1S/C17H21ClO4/c1-6-21-16(20)13-9-11(2)12(10-14(13)18)7-8-15(19)22-17(3,4)5/h7-10H,6H2,1-5H3. The number of hydrogen-bond acceptors (Lipinski definition) is 4. The normalized spacial score (nSPS) is 11.5. The fourth-order valence-corrected chi connectivity index (χ4v) is 1.98. The van der Waals surface area contributed by atoms with Crippen molar-refractivity contribution in [2.45, 2.75) is 40.2 Å². The summed E-state index contributed by atoms with van der Waals surface area (Å²) >= 11 is 6.10. The van der Waals surface area contributed by atoms with Crippen LogP contribution in [0.3, 0.4) is 0 Å². The Labute approximate surface area is 136 Å². The molecule has 1 rings (SSSR count). The Hall–Kier alpha value is -1.81. The minimum Gasteiger partial charge on any atom is -0.462 e. The molecule has 0 saturated carbocycles. The number of carbonyl (C=O) groups is 2. The zero-order valence-electron chi connectivity index (χ0n) is 13.5. The molecule has 0 spiro atoms. The minimum atomic E-state index is -0.540. The van der Waals surface area contributed by atoms with Gasteiger partial charge in [-0.15, -0.1) is 0 Å². The van der Waals surface area contributed by atoms with Gasteiger partial charge in [0.25, 0.3) is 0 Å². The molecule has 1 aromatic carbocycles. The molecule has 0 radical (unpaired) electrons. The molecule has 0 amide bonds. The Morgan fingerprint density at radius 3 is 2.45 bits per heavy atom. The van der Waals surface area contributed by atoms with Gasteiger partial charge >= 0.3 is 11.9 Å². The van der Waals surface area contributed by atoms with Gasteiger partial charge in [0.15, 0.2) is 0 Å². The minimum absolute atomic E-state index is 0.285. The first-order chi connectivity index (χ1) is 10.1. The van der Waals surface area contributed by atoms with Gasteiger partial charge in [-0.1, -0.05) is 11.6 Å². The van der Waals surface area contributed by atoms with Crippen LogP contribution in [0.4, 0.5) is 0 Å². The van der Waals surface area contributed by atoms with E-state index in [4.69, 9.17) is 21.1 Å². The summed E-state index contributed by atoms with van der Waals surface area (Å²) in [6, 6.07) is 3.28. The Kier molecular flexibility index (Phi) is 6.18. The number of ether oxygens (including phenoxy) is 2. The van der Waals surface area contributed by atoms with Crippen LogP contribution in [0, 0.1) is 6.92 Å². The van der Waals surface area contributed by atoms with E-state index in [-0.39, 0.29) is 11.6 Å². The molecule has 0 atom stereocenters. The SMILES string of the molecule is CCOC(=O)c1cc(C)c(C=CC(=O)OC(C)(C)C)cc1Cl. The summed E-state index contributed by atoms with van der Waals surface area (Å²) in [5.74, 6) is -0.893. The first-order valence-corrected chi connectivity index (χ1v) is 7.40. The highest BCUT2D eigenvalue weighted by atomic mass is 35.5. The molecule has 0 aliphatic rings. The molecule has 1 aromatic rings. The molecule has 0 unspecified atom stereocenters.